The number of benzene rings is 3. The third-order valence-electron chi connectivity index (χ3n) is 5.02. The lowest BCUT2D eigenvalue weighted by molar-refractivity contribution is -0.119. The van der Waals surface area contributed by atoms with Crippen LogP contribution in [0.25, 0.3) is 0 Å². The van der Waals surface area contributed by atoms with E-state index in [0.29, 0.717) is 22.8 Å². The maximum atomic E-state index is 13.5. The molecule has 0 unspecified atom stereocenters. The number of aryl methyl sites for hydroxylation is 2. The van der Waals surface area contributed by atoms with Gasteiger partial charge in [-0.25, -0.2) is 13.8 Å². The van der Waals surface area contributed by atoms with Gasteiger partial charge in [-0.3, -0.25) is 9.10 Å². The molecular weight excluding hydrogens is 490 g/mol. The molecule has 1 amide bonds. The highest BCUT2D eigenvalue weighted by Crippen LogP contribution is 2.29. The summed E-state index contributed by atoms with van der Waals surface area (Å²) in [4.78, 5) is 12.8. The number of phenols is 1. The molecule has 8 nitrogen and oxygen atoms in total. The first-order valence-electron chi connectivity index (χ1n) is 10.7. The molecule has 0 aliphatic carbocycles. The van der Waals surface area contributed by atoms with Crippen molar-refractivity contribution in [3.63, 3.8) is 0 Å². The Morgan fingerprint density at radius 3 is 2.51 bits per heavy atom. The lowest BCUT2D eigenvalue weighted by atomic mass is 10.2. The van der Waals surface area contributed by atoms with Gasteiger partial charge in [0.2, 0.25) is 0 Å². The number of carbonyl (C=O) groups excluding carboxylic acids is 1. The molecule has 3 aromatic carbocycles. The van der Waals surface area contributed by atoms with Crippen molar-refractivity contribution >= 4 is 39.4 Å². The van der Waals surface area contributed by atoms with Gasteiger partial charge in [0.1, 0.15) is 6.54 Å². The number of ether oxygens (including phenoxy) is 1. The van der Waals surface area contributed by atoms with Crippen LogP contribution in [0.5, 0.6) is 11.5 Å². The van der Waals surface area contributed by atoms with Gasteiger partial charge >= 0.3 is 0 Å². The molecule has 0 aliphatic heterocycles. The summed E-state index contributed by atoms with van der Waals surface area (Å²) < 4.78 is 33.3. The molecule has 2 N–H and O–H groups in total. The normalized spacial score (nSPS) is 11.4. The van der Waals surface area contributed by atoms with Gasteiger partial charge in [-0.05, 0) is 74.4 Å². The number of halogens is 1. The second-order valence-electron chi connectivity index (χ2n) is 7.71. The lowest BCUT2D eigenvalue weighted by Crippen LogP contribution is -2.40. The fraction of sp³-hybridized carbons (Fsp3) is 0.200. The smallest absolute Gasteiger partial charge is 0.264 e. The van der Waals surface area contributed by atoms with Crippen LogP contribution in [0, 0.1) is 13.8 Å². The molecule has 0 aliphatic rings. The number of nitrogens with zero attached hydrogens (tertiary/aromatic N) is 2. The van der Waals surface area contributed by atoms with Crippen LogP contribution < -0.4 is 14.5 Å². The number of rotatable bonds is 9. The molecule has 0 saturated carbocycles. The van der Waals surface area contributed by atoms with E-state index in [1.807, 2.05) is 6.92 Å². The SMILES string of the molecule is CCOc1cc(/C=N\NC(=O)CN(c2cc(Cl)ccc2C)S(=O)(=O)c2ccc(C)cc2)ccc1O. The van der Waals surface area contributed by atoms with Gasteiger partial charge in [0.05, 0.1) is 23.4 Å². The summed E-state index contributed by atoms with van der Waals surface area (Å²) in [5.74, 6) is -0.378. The predicted molar refractivity (Wildman–Crippen MR) is 137 cm³/mol. The molecule has 0 bridgehead atoms. The van der Waals surface area contributed by atoms with Crippen LogP contribution in [0.4, 0.5) is 5.69 Å². The second kappa shape index (κ2) is 11.2. The minimum absolute atomic E-state index is 0.0121. The van der Waals surface area contributed by atoms with Crippen molar-refractivity contribution in [2.45, 2.75) is 25.7 Å². The molecule has 184 valence electrons. The number of aromatic hydroxyl groups is 1. The first-order chi connectivity index (χ1) is 16.6. The summed E-state index contributed by atoms with van der Waals surface area (Å²) in [6, 6.07) is 15.8. The van der Waals surface area contributed by atoms with Crippen molar-refractivity contribution in [2.24, 2.45) is 5.10 Å². The van der Waals surface area contributed by atoms with E-state index >= 15 is 0 Å². The van der Waals surface area contributed by atoms with Crippen molar-refractivity contribution < 1.29 is 23.1 Å². The van der Waals surface area contributed by atoms with E-state index in [1.54, 1.807) is 50.2 Å². The summed E-state index contributed by atoms with van der Waals surface area (Å²) in [5.41, 5.74) is 4.75. The summed E-state index contributed by atoms with van der Waals surface area (Å²) >= 11 is 6.14. The molecule has 10 heteroatoms. The summed E-state index contributed by atoms with van der Waals surface area (Å²) in [5, 5.41) is 14.1. The highest BCUT2D eigenvalue weighted by molar-refractivity contribution is 7.92. The van der Waals surface area contributed by atoms with Crippen molar-refractivity contribution in [2.75, 3.05) is 17.5 Å². The number of carbonyl (C=O) groups is 1. The molecule has 0 atom stereocenters. The maximum Gasteiger partial charge on any atom is 0.264 e. The number of anilines is 1. The maximum absolute atomic E-state index is 13.5. The zero-order valence-electron chi connectivity index (χ0n) is 19.5. The zero-order chi connectivity index (χ0) is 25.6. The first-order valence-corrected chi connectivity index (χ1v) is 12.6. The van der Waals surface area contributed by atoms with Crippen molar-refractivity contribution in [1.29, 1.82) is 0 Å². The Labute approximate surface area is 209 Å². The average Bonchev–Trinajstić information content (AvgIpc) is 2.81. The molecule has 0 spiro atoms. The van der Waals surface area contributed by atoms with Crippen molar-refractivity contribution in [3.05, 3.63) is 82.4 Å². The number of amides is 1. The van der Waals surface area contributed by atoms with Gasteiger partial charge in [-0.2, -0.15) is 5.10 Å². The molecule has 0 heterocycles. The monoisotopic (exact) mass is 515 g/mol. The summed E-state index contributed by atoms with van der Waals surface area (Å²) in [6.07, 6.45) is 1.36. The van der Waals surface area contributed by atoms with Gasteiger partial charge in [-0.1, -0.05) is 35.4 Å². The Bertz CT molecular complexity index is 1340. The van der Waals surface area contributed by atoms with Crippen molar-refractivity contribution in [3.8, 4) is 11.5 Å². The number of hydrazone groups is 1. The van der Waals surface area contributed by atoms with E-state index in [9.17, 15) is 18.3 Å². The summed E-state index contributed by atoms with van der Waals surface area (Å²) in [7, 11) is -4.08. The third-order valence-corrected chi connectivity index (χ3v) is 7.03. The third kappa shape index (κ3) is 6.52. The Hall–Kier alpha value is -3.56. The van der Waals surface area contributed by atoms with Gasteiger partial charge < -0.3 is 9.84 Å². The molecule has 35 heavy (non-hydrogen) atoms. The number of sulfonamides is 1. The minimum Gasteiger partial charge on any atom is -0.504 e. The first kappa shape index (κ1) is 26.1. The fourth-order valence-corrected chi connectivity index (χ4v) is 4.86. The number of hydrogen-bond acceptors (Lipinski definition) is 6. The van der Waals surface area contributed by atoms with Crippen LogP contribution in [0.2, 0.25) is 5.02 Å². The van der Waals surface area contributed by atoms with Gasteiger partial charge in [0.15, 0.2) is 11.5 Å². The largest absolute Gasteiger partial charge is 0.504 e. The molecule has 0 radical (unpaired) electrons. The predicted octanol–water partition coefficient (Wildman–Crippen LogP) is 4.41. The average molecular weight is 516 g/mol. The van der Waals surface area contributed by atoms with Gasteiger partial charge in [0.25, 0.3) is 15.9 Å². The van der Waals surface area contributed by atoms with Gasteiger partial charge in [0, 0.05) is 5.02 Å². The van der Waals surface area contributed by atoms with Crippen LogP contribution in [0.3, 0.4) is 0 Å². The van der Waals surface area contributed by atoms with Crippen LogP contribution in [0.1, 0.15) is 23.6 Å². The van der Waals surface area contributed by atoms with E-state index in [4.69, 9.17) is 16.3 Å². The topological polar surface area (TPSA) is 108 Å². The lowest BCUT2D eigenvalue weighted by Gasteiger charge is -2.25. The Balaban J connectivity index is 1.86. The van der Waals surface area contributed by atoms with Crippen LogP contribution in [-0.2, 0) is 14.8 Å². The number of hydrogen-bond donors (Lipinski definition) is 2. The standard InChI is InChI=1S/C25H26ClN3O5S/c1-4-34-24-13-19(8-12-23(24)30)15-27-28-25(31)16-29(22-14-20(26)9-7-18(22)3)35(32,33)21-10-5-17(2)6-11-21/h5-15,30H,4,16H2,1-3H3,(H,28,31)/b27-15-. The van der Waals surface area contributed by atoms with Crippen LogP contribution in [-0.4, -0.2) is 38.8 Å². The molecule has 0 fully saturated rings. The number of nitrogens with one attached hydrogen (secondary N) is 1. The molecular formula is C25H26ClN3O5S. The zero-order valence-corrected chi connectivity index (χ0v) is 21.1. The second-order valence-corrected chi connectivity index (χ2v) is 10.0. The van der Waals surface area contributed by atoms with E-state index in [2.05, 4.69) is 10.5 Å². The molecule has 0 saturated heterocycles. The Kier molecular flexibility index (Phi) is 8.37. The summed E-state index contributed by atoms with van der Waals surface area (Å²) in [6.45, 7) is 5.23. The molecule has 3 rings (SSSR count). The van der Waals surface area contributed by atoms with Crippen LogP contribution in [0.15, 0.2) is 70.7 Å². The van der Waals surface area contributed by atoms with Crippen LogP contribution >= 0.6 is 11.6 Å². The van der Waals surface area contributed by atoms with E-state index in [0.717, 1.165) is 9.87 Å². The van der Waals surface area contributed by atoms with Crippen molar-refractivity contribution in [1.82, 2.24) is 5.43 Å². The van der Waals surface area contributed by atoms with E-state index in [1.165, 1.54) is 30.5 Å². The quantitative estimate of drug-likeness (QED) is 0.324. The highest BCUT2D eigenvalue weighted by atomic mass is 35.5. The minimum atomic E-state index is -4.08. The molecule has 3 aromatic rings. The molecule has 0 aromatic heterocycles. The number of phenolic OH excluding ortho intramolecular Hbond substituents is 1. The van der Waals surface area contributed by atoms with E-state index < -0.39 is 22.5 Å². The fourth-order valence-electron chi connectivity index (χ4n) is 3.22. The highest BCUT2D eigenvalue weighted by Gasteiger charge is 2.28. The Morgan fingerprint density at radius 2 is 1.83 bits per heavy atom. The van der Waals surface area contributed by atoms with E-state index in [-0.39, 0.29) is 22.1 Å². The van der Waals surface area contributed by atoms with Gasteiger partial charge in [-0.15, -0.1) is 0 Å². The Morgan fingerprint density at radius 1 is 1.11 bits per heavy atom.